The van der Waals surface area contributed by atoms with E-state index in [-0.39, 0.29) is 5.69 Å². The van der Waals surface area contributed by atoms with Crippen LogP contribution in [0.1, 0.15) is 89.0 Å². The molecule has 0 unspecified atom stereocenters. The lowest BCUT2D eigenvalue weighted by Gasteiger charge is -2.37. The van der Waals surface area contributed by atoms with Gasteiger partial charge >= 0.3 is 0 Å². The predicted molar refractivity (Wildman–Crippen MR) is 125 cm³/mol. The zero-order valence-electron chi connectivity index (χ0n) is 18.3. The second-order valence-corrected chi connectivity index (χ2v) is 10.2. The van der Waals surface area contributed by atoms with E-state index in [1.165, 1.54) is 82.8 Å². The lowest BCUT2D eigenvalue weighted by molar-refractivity contribution is 0.147. The first-order chi connectivity index (χ1) is 15.1. The summed E-state index contributed by atoms with van der Waals surface area (Å²) in [5, 5.41) is 2.01. The van der Waals surface area contributed by atoms with E-state index in [4.69, 9.17) is 0 Å². The van der Waals surface area contributed by atoms with Gasteiger partial charge in [-0.25, -0.2) is 8.78 Å². The second kappa shape index (κ2) is 10.8. The highest BCUT2D eigenvalue weighted by Crippen LogP contribution is 2.43. The minimum absolute atomic E-state index is 0.333. The second-order valence-electron chi connectivity index (χ2n) is 10.0. The number of aliphatic imine (C=N–C) groups is 1. The maximum atomic E-state index is 14.0. The third-order valence-corrected chi connectivity index (χ3v) is 8.16. The molecule has 0 aromatic heterocycles. The van der Waals surface area contributed by atoms with Crippen LogP contribution in [-0.4, -0.2) is 5.16 Å². The minimum atomic E-state index is -0.742. The van der Waals surface area contributed by atoms with Crippen LogP contribution in [0.5, 0.6) is 0 Å². The average molecular weight is 442 g/mol. The van der Waals surface area contributed by atoms with Crippen LogP contribution in [-0.2, 0) is 0 Å². The molecular weight excluding hydrogens is 408 g/mol. The predicted octanol–water partition coefficient (Wildman–Crippen LogP) is 8.24. The molecule has 0 aliphatic heterocycles. The summed E-state index contributed by atoms with van der Waals surface area (Å²) in [4.78, 5) is 3.45. The Morgan fingerprint density at radius 2 is 1.35 bits per heavy atom. The van der Waals surface area contributed by atoms with Crippen molar-refractivity contribution in [2.24, 2.45) is 34.6 Å². The van der Waals surface area contributed by atoms with Crippen LogP contribution >= 0.6 is 12.2 Å². The fraction of sp³-hybridized carbons (Fsp3) is 0.667. The number of rotatable bonds is 4. The highest BCUT2D eigenvalue weighted by atomic mass is 32.1. The topological polar surface area (TPSA) is 12.4 Å². The Kier molecular flexibility index (Phi) is 7.91. The first kappa shape index (κ1) is 22.6. The van der Waals surface area contributed by atoms with Crippen molar-refractivity contribution in [1.82, 2.24) is 0 Å². The Balaban J connectivity index is 1.24. The van der Waals surface area contributed by atoms with E-state index in [1.54, 1.807) is 0 Å². The first-order valence-electron chi connectivity index (χ1n) is 12.2. The van der Waals surface area contributed by atoms with Crippen LogP contribution in [0.2, 0.25) is 0 Å². The van der Waals surface area contributed by atoms with E-state index < -0.39 is 11.6 Å². The summed E-state index contributed by atoms with van der Waals surface area (Å²) in [7, 11) is 0. The molecule has 0 heterocycles. The molecule has 3 fully saturated rings. The Hall–Kier alpha value is -1.56. The molecule has 0 N–H and O–H groups in total. The van der Waals surface area contributed by atoms with Gasteiger partial charge in [0.15, 0.2) is 11.6 Å². The molecule has 31 heavy (non-hydrogen) atoms. The smallest absolute Gasteiger partial charge is 0.153 e. The molecule has 0 saturated heterocycles. The van der Waals surface area contributed by atoms with E-state index >= 15 is 0 Å². The average Bonchev–Trinajstić information content (AvgIpc) is 3.29. The van der Waals surface area contributed by atoms with Crippen molar-refractivity contribution >= 4 is 23.1 Å². The normalized spacial score (nSPS) is 29.1. The summed E-state index contributed by atoms with van der Waals surface area (Å²) in [5.41, 5.74) is -0.0277. The van der Waals surface area contributed by atoms with Gasteiger partial charge in [0.05, 0.1) is 5.16 Å². The molecular formula is C27H33F2NS. The van der Waals surface area contributed by atoms with Crippen LogP contribution in [0.15, 0.2) is 17.1 Å². The molecule has 3 aliphatic carbocycles. The first-order valence-corrected chi connectivity index (χ1v) is 12.6. The summed E-state index contributed by atoms with van der Waals surface area (Å²) >= 11 is 4.44. The van der Waals surface area contributed by atoms with Gasteiger partial charge in [-0.2, -0.15) is 4.99 Å². The minimum Gasteiger partial charge on any atom is -0.204 e. The SMILES string of the molecule is Fc1cc(C#CC2CCC(C3CCC(CC4CCCC4)CC3)CC2)cc(F)c1N=C=S. The fourth-order valence-corrected chi connectivity index (χ4v) is 6.41. The third-order valence-electron chi connectivity index (χ3n) is 8.07. The third kappa shape index (κ3) is 6.03. The van der Waals surface area contributed by atoms with Crippen LogP contribution in [0, 0.1) is 53.1 Å². The number of isothiocyanates is 1. The van der Waals surface area contributed by atoms with Crippen LogP contribution in [0.25, 0.3) is 0 Å². The van der Waals surface area contributed by atoms with Crippen molar-refractivity contribution in [3.05, 3.63) is 29.3 Å². The Labute approximate surface area is 191 Å². The van der Waals surface area contributed by atoms with Crippen molar-refractivity contribution in [2.45, 2.75) is 83.5 Å². The van der Waals surface area contributed by atoms with Crippen molar-refractivity contribution < 1.29 is 8.78 Å². The number of nitrogens with zero attached hydrogens (tertiary/aromatic N) is 1. The van der Waals surface area contributed by atoms with Gasteiger partial charge < -0.3 is 0 Å². The molecule has 1 aromatic rings. The summed E-state index contributed by atoms with van der Waals surface area (Å²) < 4.78 is 27.9. The Morgan fingerprint density at radius 1 is 0.806 bits per heavy atom. The quantitative estimate of drug-likeness (QED) is 0.260. The largest absolute Gasteiger partial charge is 0.204 e. The fourth-order valence-electron chi connectivity index (χ4n) is 6.32. The molecule has 4 heteroatoms. The molecule has 3 saturated carbocycles. The van der Waals surface area contributed by atoms with E-state index in [9.17, 15) is 8.78 Å². The van der Waals surface area contributed by atoms with Crippen LogP contribution in [0.4, 0.5) is 14.5 Å². The van der Waals surface area contributed by atoms with Crippen LogP contribution in [0.3, 0.4) is 0 Å². The molecule has 166 valence electrons. The molecule has 0 bridgehead atoms. The Morgan fingerprint density at radius 3 is 1.94 bits per heavy atom. The molecule has 3 aliphatic rings. The van der Waals surface area contributed by atoms with E-state index in [2.05, 4.69) is 29.1 Å². The lowest BCUT2D eigenvalue weighted by Crippen LogP contribution is -2.26. The van der Waals surface area contributed by atoms with Crippen molar-refractivity contribution in [3.8, 4) is 11.8 Å². The number of thiocarbonyl (C=S) groups is 1. The van der Waals surface area contributed by atoms with Crippen LogP contribution < -0.4 is 0 Å². The molecule has 0 radical (unpaired) electrons. The van der Waals surface area contributed by atoms with Crippen molar-refractivity contribution in [3.63, 3.8) is 0 Å². The van der Waals surface area contributed by atoms with Gasteiger partial charge in [0.1, 0.15) is 5.69 Å². The molecule has 1 nitrogen and oxygen atoms in total. The highest BCUT2D eigenvalue weighted by Gasteiger charge is 2.31. The Bertz CT molecular complexity index is 834. The summed E-state index contributed by atoms with van der Waals surface area (Å²) in [6.45, 7) is 0. The summed E-state index contributed by atoms with van der Waals surface area (Å²) in [5.74, 6) is 8.88. The molecule has 4 rings (SSSR count). The molecule has 0 atom stereocenters. The molecule has 1 aromatic carbocycles. The number of hydrogen-bond acceptors (Lipinski definition) is 2. The maximum absolute atomic E-state index is 14.0. The number of benzene rings is 1. The maximum Gasteiger partial charge on any atom is 0.153 e. The van der Waals surface area contributed by atoms with E-state index in [0.29, 0.717) is 11.5 Å². The van der Waals surface area contributed by atoms with E-state index in [0.717, 1.165) is 36.5 Å². The van der Waals surface area contributed by atoms with E-state index in [1.807, 2.05) is 5.16 Å². The molecule has 0 spiro atoms. The van der Waals surface area contributed by atoms with Gasteiger partial charge in [0, 0.05) is 11.5 Å². The summed E-state index contributed by atoms with van der Waals surface area (Å²) in [6, 6.07) is 2.47. The highest BCUT2D eigenvalue weighted by molar-refractivity contribution is 7.78. The van der Waals surface area contributed by atoms with Gasteiger partial charge in [-0.3, -0.25) is 0 Å². The van der Waals surface area contributed by atoms with Gasteiger partial charge in [-0.15, -0.1) is 0 Å². The lowest BCUT2D eigenvalue weighted by atomic mass is 9.68. The van der Waals surface area contributed by atoms with Gasteiger partial charge in [-0.1, -0.05) is 50.4 Å². The number of halogens is 2. The van der Waals surface area contributed by atoms with Crippen molar-refractivity contribution in [2.75, 3.05) is 0 Å². The van der Waals surface area contributed by atoms with Gasteiger partial charge in [0.2, 0.25) is 0 Å². The monoisotopic (exact) mass is 441 g/mol. The van der Waals surface area contributed by atoms with Gasteiger partial charge in [-0.05, 0) is 93.0 Å². The van der Waals surface area contributed by atoms with Crippen molar-refractivity contribution in [1.29, 1.82) is 0 Å². The van der Waals surface area contributed by atoms with Gasteiger partial charge in [0.25, 0.3) is 0 Å². The molecule has 0 amide bonds. The zero-order chi connectivity index (χ0) is 21.6. The number of hydrogen-bond donors (Lipinski definition) is 0. The standard InChI is InChI=1S/C27H33F2NS/c28-25-16-22(17-26(29)27(25)30-18-31)6-5-19-7-11-23(12-8-19)24-13-9-21(10-14-24)15-20-3-1-2-4-20/h16-17,19-21,23-24H,1-4,7-15H2. The summed E-state index contributed by atoms with van der Waals surface area (Å²) in [6.07, 6.45) is 17.8. The zero-order valence-corrected chi connectivity index (χ0v) is 19.2.